The predicted molar refractivity (Wildman–Crippen MR) is 93.7 cm³/mol. The SMILES string of the molecule is O=C(O)C1CCOC(CSc2ccc(Oc3ccc(F)cc3)cc2)C1. The minimum atomic E-state index is -0.736. The van der Waals surface area contributed by atoms with Gasteiger partial charge >= 0.3 is 5.97 Å². The summed E-state index contributed by atoms with van der Waals surface area (Å²) >= 11 is 1.63. The number of aliphatic carboxylic acids is 1. The molecule has 0 saturated carbocycles. The minimum Gasteiger partial charge on any atom is -0.481 e. The molecule has 4 nitrogen and oxygen atoms in total. The highest BCUT2D eigenvalue weighted by Gasteiger charge is 2.27. The molecule has 0 bridgehead atoms. The fourth-order valence-corrected chi connectivity index (χ4v) is 3.59. The zero-order chi connectivity index (χ0) is 17.6. The van der Waals surface area contributed by atoms with Gasteiger partial charge < -0.3 is 14.6 Å². The average Bonchev–Trinajstić information content (AvgIpc) is 2.63. The first-order chi connectivity index (χ1) is 12.1. The van der Waals surface area contributed by atoms with Crippen molar-refractivity contribution in [2.45, 2.75) is 23.8 Å². The van der Waals surface area contributed by atoms with Gasteiger partial charge in [0.05, 0.1) is 12.0 Å². The van der Waals surface area contributed by atoms with Crippen LogP contribution in [0.3, 0.4) is 0 Å². The average molecular weight is 362 g/mol. The molecule has 1 saturated heterocycles. The Kier molecular flexibility index (Phi) is 5.94. The molecule has 1 fully saturated rings. The zero-order valence-electron chi connectivity index (χ0n) is 13.6. The molecule has 2 unspecified atom stereocenters. The van der Waals surface area contributed by atoms with E-state index >= 15 is 0 Å². The lowest BCUT2D eigenvalue weighted by Gasteiger charge is -2.26. The van der Waals surface area contributed by atoms with Crippen molar-refractivity contribution < 1.29 is 23.8 Å². The summed E-state index contributed by atoms with van der Waals surface area (Å²) in [6.07, 6.45) is 1.12. The Morgan fingerprint density at radius 1 is 1.16 bits per heavy atom. The van der Waals surface area contributed by atoms with E-state index in [0.717, 1.165) is 10.6 Å². The summed E-state index contributed by atoms with van der Waals surface area (Å²) in [6, 6.07) is 13.5. The van der Waals surface area contributed by atoms with Crippen LogP contribution in [0.2, 0.25) is 0 Å². The smallest absolute Gasteiger partial charge is 0.306 e. The molecular weight excluding hydrogens is 343 g/mol. The van der Waals surface area contributed by atoms with Gasteiger partial charge in [-0.3, -0.25) is 4.79 Å². The van der Waals surface area contributed by atoms with Gasteiger partial charge in [0, 0.05) is 17.3 Å². The van der Waals surface area contributed by atoms with Crippen LogP contribution in [-0.4, -0.2) is 29.5 Å². The summed E-state index contributed by atoms with van der Waals surface area (Å²) in [5.74, 6) is 0.649. The Hall–Kier alpha value is -2.05. The van der Waals surface area contributed by atoms with Crippen molar-refractivity contribution in [1.29, 1.82) is 0 Å². The Morgan fingerprint density at radius 3 is 2.44 bits per heavy atom. The number of thioether (sulfide) groups is 1. The molecule has 25 heavy (non-hydrogen) atoms. The van der Waals surface area contributed by atoms with Crippen LogP contribution in [0.1, 0.15) is 12.8 Å². The van der Waals surface area contributed by atoms with Crippen LogP contribution >= 0.6 is 11.8 Å². The van der Waals surface area contributed by atoms with Crippen LogP contribution in [0.4, 0.5) is 4.39 Å². The van der Waals surface area contributed by atoms with Crippen molar-refractivity contribution in [2.75, 3.05) is 12.4 Å². The topological polar surface area (TPSA) is 55.8 Å². The third-order valence-electron chi connectivity index (χ3n) is 4.03. The summed E-state index contributed by atoms with van der Waals surface area (Å²) < 4.78 is 24.2. The molecule has 0 aromatic heterocycles. The number of rotatable bonds is 6. The van der Waals surface area contributed by atoms with Gasteiger partial charge in [0.2, 0.25) is 0 Å². The lowest BCUT2D eigenvalue weighted by atomic mass is 9.97. The van der Waals surface area contributed by atoms with Gasteiger partial charge in [-0.2, -0.15) is 0 Å². The molecule has 2 aromatic rings. The number of hydrogen-bond donors (Lipinski definition) is 1. The van der Waals surface area contributed by atoms with E-state index in [9.17, 15) is 9.18 Å². The van der Waals surface area contributed by atoms with Gasteiger partial charge in [-0.15, -0.1) is 11.8 Å². The van der Waals surface area contributed by atoms with E-state index in [-0.39, 0.29) is 17.8 Å². The van der Waals surface area contributed by atoms with Crippen LogP contribution < -0.4 is 4.74 Å². The molecular formula is C19H19FO4S. The van der Waals surface area contributed by atoms with E-state index in [2.05, 4.69) is 0 Å². The second-order valence-electron chi connectivity index (χ2n) is 5.89. The standard InChI is InChI=1S/C19H19FO4S/c20-14-1-3-15(4-2-14)24-16-5-7-18(8-6-16)25-12-17-11-13(19(21)22)9-10-23-17/h1-8,13,17H,9-12H2,(H,21,22). The van der Waals surface area contributed by atoms with Crippen molar-refractivity contribution in [3.8, 4) is 11.5 Å². The van der Waals surface area contributed by atoms with Crippen molar-refractivity contribution in [3.63, 3.8) is 0 Å². The quantitative estimate of drug-likeness (QED) is 0.762. The van der Waals surface area contributed by atoms with Gasteiger partial charge in [-0.1, -0.05) is 0 Å². The lowest BCUT2D eigenvalue weighted by molar-refractivity contribution is -0.146. The summed E-state index contributed by atoms with van der Waals surface area (Å²) in [4.78, 5) is 12.1. The van der Waals surface area contributed by atoms with Crippen molar-refractivity contribution >= 4 is 17.7 Å². The maximum Gasteiger partial charge on any atom is 0.306 e. The van der Waals surface area contributed by atoms with Crippen LogP contribution in [0.15, 0.2) is 53.4 Å². The van der Waals surface area contributed by atoms with Gasteiger partial charge in [0.25, 0.3) is 0 Å². The van der Waals surface area contributed by atoms with E-state index in [1.807, 2.05) is 24.3 Å². The fraction of sp³-hybridized carbons (Fsp3) is 0.316. The molecule has 1 aliphatic heterocycles. The Balaban J connectivity index is 1.50. The maximum absolute atomic E-state index is 12.9. The maximum atomic E-state index is 12.9. The minimum absolute atomic E-state index is 0.0324. The lowest BCUT2D eigenvalue weighted by Crippen LogP contribution is -2.31. The number of carboxylic acids is 1. The first kappa shape index (κ1) is 17.8. The number of hydrogen-bond acceptors (Lipinski definition) is 4. The fourth-order valence-electron chi connectivity index (χ4n) is 2.65. The van der Waals surface area contributed by atoms with Gasteiger partial charge in [0.15, 0.2) is 0 Å². The van der Waals surface area contributed by atoms with Crippen LogP contribution in [0.5, 0.6) is 11.5 Å². The molecule has 132 valence electrons. The summed E-state index contributed by atoms with van der Waals surface area (Å²) in [5.41, 5.74) is 0. The summed E-state index contributed by atoms with van der Waals surface area (Å²) in [7, 11) is 0. The highest BCUT2D eigenvalue weighted by Crippen LogP contribution is 2.29. The molecule has 6 heteroatoms. The van der Waals surface area contributed by atoms with Gasteiger partial charge in [-0.05, 0) is 61.4 Å². The molecule has 0 spiro atoms. The normalized spacial score (nSPS) is 20.2. The molecule has 1 aliphatic rings. The molecule has 0 aliphatic carbocycles. The van der Waals surface area contributed by atoms with E-state index in [4.69, 9.17) is 14.6 Å². The van der Waals surface area contributed by atoms with E-state index in [0.29, 0.717) is 30.9 Å². The molecule has 1 heterocycles. The molecule has 3 rings (SSSR count). The Labute approximate surface area is 150 Å². The highest BCUT2D eigenvalue weighted by molar-refractivity contribution is 7.99. The summed E-state index contributed by atoms with van der Waals surface area (Å²) in [5, 5.41) is 9.11. The van der Waals surface area contributed by atoms with Crippen LogP contribution in [0, 0.1) is 11.7 Å². The number of benzene rings is 2. The number of ether oxygens (including phenoxy) is 2. The first-order valence-electron chi connectivity index (χ1n) is 8.11. The number of carboxylic acid groups (broad SMARTS) is 1. The number of carbonyl (C=O) groups is 1. The largest absolute Gasteiger partial charge is 0.481 e. The number of halogens is 1. The van der Waals surface area contributed by atoms with Gasteiger partial charge in [0.1, 0.15) is 17.3 Å². The molecule has 2 aromatic carbocycles. The van der Waals surface area contributed by atoms with Crippen LogP contribution in [-0.2, 0) is 9.53 Å². The highest BCUT2D eigenvalue weighted by atomic mass is 32.2. The third-order valence-corrected chi connectivity index (χ3v) is 5.17. The molecule has 0 radical (unpaired) electrons. The predicted octanol–water partition coefficient (Wildman–Crippen LogP) is 4.59. The Bertz CT molecular complexity index is 702. The van der Waals surface area contributed by atoms with Crippen molar-refractivity contribution in [3.05, 3.63) is 54.3 Å². The molecule has 2 atom stereocenters. The monoisotopic (exact) mass is 362 g/mol. The third kappa shape index (κ3) is 5.21. The zero-order valence-corrected chi connectivity index (χ0v) is 14.4. The first-order valence-corrected chi connectivity index (χ1v) is 9.09. The van der Waals surface area contributed by atoms with Crippen molar-refractivity contribution in [1.82, 2.24) is 0 Å². The van der Waals surface area contributed by atoms with Crippen molar-refractivity contribution in [2.24, 2.45) is 5.92 Å². The second kappa shape index (κ2) is 8.36. The molecule has 1 N–H and O–H groups in total. The van der Waals surface area contributed by atoms with Crippen LogP contribution in [0.25, 0.3) is 0 Å². The Morgan fingerprint density at radius 2 is 1.80 bits per heavy atom. The van der Waals surface area contributed by atoms with E-state index in [1.54, 1.807) is 23.9 Å². The van der Waals surface area contributed by atoms with Gasteiger partial charge in [-0.25, -0.2) is 4.39 Å². The van der Waals surface area contributed by atoms with E-state index in [1.165, 1.54) is 12.1 Å². The van der Waals surface area contributed by atoms with E-state index < -0.39 is 5.97 Å². The second-order valence-corrected chi connectivity index (χ2v) is 6.98. The molecule has 0 amide bonds. The summed E-state index contributed by atoms with van der Waals surface area (Å²) in [6.45, 7) is 0.507.